The standard InChI is InChI=1S/C9H9N/c1-10-7-6-8-4-2-3-5-9(8)10/h2-7,10H,1H2. The molecule has 1 N–H and O–H groups in total. The Kier molecular flexibility index (Phi) is 1.11. The molecule has 0 bridgehead atoms. The van der Waals surface area contributed by atoms with Crippen LogP contribution in [0.4, 0.5) is 5.69 Å². The zero-order valence-electron chi connectivity index (χ0n) is 5.67. The van der Waals surface area contributed by atoms with Gasteiger partial charge in [-0.05, 0) is 12.1 Å². The molecule has 1 nitrogen and oxygen atoms in total. The highest BCUT2D eigenvalue weighted by Crippen LogP contribution is 2.15. The van der Waals surface area contributed by atoms with Crippen molar-refractivity contribution >= 4 is 11.8 Å². The average Bonchev–Trinajstić information content (AvgIpc) is 2.34. The Bertz CT molecular complexity index is 276. The Morgan fingerprint density at radius 3 is 2.80 bits per heavy atom. The van der Waals surface area contributed by atoms with Gasteiger partial charge in [-0.25, -0.2) is 0 Å². The first-order chi connectivity index (χ1) is 4.88. The van der Waals surface area contributed by atoms with Gasteiger partial charge in [-0.1, -0.05) is 12.1 Å². The fourth-order valence-corrected chi connectivity index (χ4v) is 1.21. The van der Waals surface area contributed by atoms with Crippen LogP contribution in [0.3, 0.4) is 0 Å². The molecule has 0 aliphatic carbocycles. The molecule has 10 heavy (non-hydrogen) atoms. The van der Waals surface area contributed by atoms with Gasteiger partial charge in [-0.3, -0.25) is 0 Å². The predicted octanol–water partition coefficient (Wildman–Crippen LogP) is 0.979. The van der Waals surface area contributed by atoms with Gasteiger partial charge in [-0.2, -0.15) is 0 Å². The third-order valence-corrected chi connectivity index (χ3v) is 1.77. The second-order valence-electron chi connectivity index (χ2n) is 2.45. The van der Waals surface area contributed by atoms with Gasteiger partial charge < -0.3 is 4.90 Å². The van der Waals surface area contributed by atoms with Crippen LogP contribution in [0.25, 0.3) is 6.08 Å². The molecule has 0 radical (unpaired) electrons. The van der Waals surface area contributed by atoms with E-state index in [9.17, 15) is 0 Å². The van der Waals surface area contributed by atoms with Crippen LogP contribution >= 0.6 is 0 Å². The second kappa shape index (κ2) is 1.96. The van der Waals surface area contributed by atoms with Gasteiger partial charge in [-0.15, -0.1) is 7.05 Å². The minimum absolute atomic E-state index is 1.12. The molecule has 0 amide bonds. The van der Waals surface area contributed by atoms with Crippen LogP contribution in [-0.2, 0) is 0 Å². The topological polar surface area (TPSA) is 4.44 Å². The molecule has 1 unspecified atom stereocenters. The molecule has 1 aliphatic heterocycles. The molecule has 1 atom stereocenters. The van der Waals surface area contributed by atoms with E-state index in [1.165, 1.54) is 11.3 Å². The summed E-state index contributed by atoms with van der Waals surface area (Å²) in [6.07, 6.45) is 4.14. The van der Waals surface area contributed by atoms with Crippen molar-refractivity contribution in [3.05, 3.63) is 43.1 Å². The fourth-order valence-electron chi connectivity index (χ4n) is 1.21. The van der Waals surface area contributed by atoms with Gasteiger partial charge in [0.15, 0.2) is 0 Å². The molecule has 0 saturated carbocycles. The van der Waals surface area contributed by atoms with E-state index in [2.05, 4.69) is 25.3 Å². The van der Waals surface area contributed by atoms with E-state index in [0.29, 0.717) is 0 Å². The minimum atomic E-state index is 1.12. The summed E-state index contributed by atoms with van der Waals surface area (Å²) >= 11 is 0. The molecular weight excluding hydrogens is 122 g/mol. The predicted molar refractivity (Wildman–Crippen MR) is 41.5 cm³/mol. The number of benzene rings is 1. The summed E-state index contributed by atoms with van der Waals surface area (Å²) in [6, 6.07) is 8.28. The van der Waals surface area contributed by atoms with E-state index < -0.39 is 0 Å². The fraction of sp³-hybridized carbons (Fsp3) is 0. The highest BCUT2D eigenvalue weighted by molar-refractivity contribution is 5.63. The molecule has 1 heterocycles. The van der Waals surface area contributed by atoms with E-state index in [1.807, 2.05) is 18.3 Å². The molecule has 1 aromatic carbocycles. The molecule has 0 aromatic heterocycles. The molecule has 0 saturated heterocycles. The Balaban J connectivity index is 2.59. The third-order valence-electron chi connectivity index (χ3n) is 1.77. The van der Waals surface area contributed by atoms with Crippen molar-refractivity contribution in [2.45, 2.75) is 0 Å². The largest absolute Gasteiger partial charge is 0.408 e. The maximum atomic E-state index is 3.91. The van der Waals surface area contributed by atoms with E-state index in [-0.39, 0.29) is 0 Å². The number of hydrogen-bond acceptors (Lipinski definition) is 0. The summed E-state index contributed by atoms with van der Waals surface area (Å²) in [7, 11) is 3.91. The zero-order chi connectivity index (χ0) is 6.97. The lowest BCUT2D eigenvalue weighted by atomic mass is 10.2. The van der Waals surface area contributed by atoms with Crippen LogP contribution in [0.2, 0.25) is 0 Å². The number of rotatable bonds is 0. The summed E-state index contributed by atoms with van der Waals surface area (Å²) in [5, 5.41) is 0. The van der Waals surface area contributed by atoms with Crippen LogP contribution in [0.15, 0.2) is 30.5 Å². The van der Waals surface area contributed by atoms with Crippen molar-refractivity contribution < 1.29 is 4.90 Å². The molecule has 1 heteroatoms. The van der Waals surface area contributed by atoms with Crippen LogP contribution in [-0.4, -0.2) is 0 Å². The maximum Gasteiger partial charge on any atom is 0.116 e. The average molecular weight is 131 g/mol. The van der Waals surface area contributed by atoms with E-state index in [1.54, 1.807) is 0 Å². The maximum absolute atomic E-state index is 3.91. The normalized spacial score (nSPS) is 21.1. The summed E-state index contributed by atoms with van der Waals surface area (Å²) in [5.41, 5.74) is 2.55. The van der Waals surface area contributed by atoms with Crippen molar-refractivity contribution in [1.82, 2.24) is 0 Å². The summed E-state index contributed by atoms with van der Waals surface area (Å²) in [4.78, 5) is 1.12. The van der Waals surface area contributed by atoms with E-state index in [0.717, 1.165) is 4.90 Å². The monoisotopic (exact) mass is 131 g/mol. The first-order valence-electron chi connectivity index (χ1n) is 3.34. The Morgan fingerprint density at radius 1 is 1.20 bits per heavy atom. The smallest absolute Gasteiger partial charge is 0.116 e. The van der Waals surface area contributed by atoms with E-state index >= 15 is 0 Å². The molecule has 0 fully saturated rings. The molecule has 1 aromatic rings. The first-order valence-corrected chi connectivity index (χ1v) is 3.34. The Hall–Kier alpha value is -1.08. The van der Waals surface area contributed by atoms with Gasteiger partial charge in [0.25, 0.3) is 0 Å². The van der Waals surface area contributed by atoms with E-state index in [4.69, 9.17) is 0 Å². The van der Waals surface area contributed by atoms with Crippen molar-refractivity contribution in [3.63, 3.8) is 0 Å². The molecular formula is C9H9N. The molecule has 2 rings (SSSR count). The van der Waals surface area contributed by atoms with Gasteiger partial charge in [0.1, 0.15) is 5.69 Å². The van der Waals surface area contributed by atoms with Crippen LogP contribution < -0.4 is 4.90 Å². The summed E-state index contributed by atoms with van der Waals surface area (Å²) in [6.45, 7) is 0. The van der Waals surface area contributed by atoms with Gasteiger partial charge in [0, 0.05) is 11.6 Å². The van der Waals surface area contributed by atoms with Crippen molar-refractivity contribution in [2.24, 2.45) is 0 Å². The zero-order valence-corrected chi connectivity index (χ0v) is 5.67. The number of fused-ring (bicyclic) bond motifs is 1. The molecule has 0 spiro atoms. The van der Waals surface area contributed by atoms with Crippen LogP contribution in [0.1, 0.15) is 5.56 Å². The SMILES string of the molecule is [CH2-][NH+]1C=Cc2ccccc21. The van der Waals surface area contributed by atoms with Gasteiger partial charge in [0.2, 0.25) is 0 Å². The highest BCUT2D eigenvalue weighted by atomic mass is 15.1. The van der Waals surface area contributed by atoms with Crippen molar-refractivity contribution in [3.8, 4) is 0 Å². The minimum Gasteiger partial charge on any atom is -0.408 e. The lowest BCUT2D eigenvalue weighted by Crippen LogP contribution is -2.95. The Labute approximate surface area is 60.6 Å². The van der Waals surface area contributed by atoms with Crippen molar-refractivity contribution in [2.75, 3.05) is 0 Å². The highest BCUT2D eigenvalue weighted by Gasteiger charge is 2.08. The Morgan fingerprint density at radius 2 is 2.00 bits per heavy atom. The van der Waals surface area contributed by atoms with Gasteiger partial charge >= 0.3 is 0 Å². The number of para-hydroxylation sites is 1. The third kappa shape index (κ3) is 0.677. The first kappa shape index (κ1) is 5.69. The second-order valence-corrected chi connectivity index (χ2v) is 2.45. The quantitative estimate of drug-likeness (QED) is 0.500. The van der Waals surface area contributed by atoms with Crippen molar-refractivity contribution in [1.29, 1.82) is 0 Å². The summed E-state index contributed by atoms with van der Waals surface area (Å²) < 4.78 is 0. The van der Waals surface area contributed by atoms with Crippen LogP contribution in [0.5, 0.6) is 0 Å². The summed E-state index contributed by atoms with van der Waals surface area (Å²) in [5.74, 6) is 0. The molecule has 50 valence electrons. The lowest BCUT2D eigenvalue weighted by Gasteiger charge is -2.10. The van der Waals surface area contributed by atoms with Gasteiger partial charge in [0.05, 0.1) is 6.20 Å². The number of quaternary nitrogens is 1. The number of hydrogen-bond donors (Lipinski definition) is 1. The lowest BCUT2D eigenvalue weighted by molar-refractivity contribution is -0.717. The number of nitrogens with one attached hydrogen (secondary N) is 1. The molecule has 1 aliphatic rings. The van der Waals surface area contributed by atoms with Crippen LogP contribution in [0, 0.1) is 7.05 Å².